The Bertz CT molecular complexity index is 760. The highest BCUT2D eigenvalue weighted by molar-refractivity contribution is 6.05. The van der Waals surface area contributed by atoms with Crippen LogP contribution in [-0.2, 0) is 12.4 Å². The molecule has 0 amide bonds. The lowest BCUT2D eigenvalue weighted by Crippen LogP contribution is -2.07. The Labute approximate surface area is 113 Å². The molecule has 0 radical (unpaired) electrons. The van der Waals surface area contributed by atoms with Crippen LogP contribution >= 0.6 is 0 Å². The zero-order chi connectivity index (χ0) is 15.4. The number of hydrogen-bond donors (Lipinski definition) is 1. The fourth-order valence-electron chi connectivity index (χ4n) is 2.09. The summed E-state index contributed by atoms with van der Waals surface area (Å²) in [4.78, 5) is 6.17. The van der Waals surface area contributed by atoms with E-state index in [-0.39, 0.29) is 16.4 Å². The second-order valence-electron chi connectivity index (χ2n) is 4.47. The minimum absolute atomic E-state index is 0.00549. The first-order valence-corrected chi connectivity index (χ1v) is 5.73. The molecule has 0 aliphatic carbocycles. The number of hydrogen-bond acceptors (Lipinski definition) is 1. The maximum Gasteiger partial charge on any atom is 0.433 e. The summed E-state index contributed by atoms with van der Waals surface area (Å²) in [6.45, 7) is 0. The van der Waals surface area contributed by atoms with Gasteiger partial charge < -0.3 is 4.98 Å². The van der Waals surface area contributed by atoms with Crippen molar-refractivity contribution in [1.29, 1.82) is 0 Å². The lowest BCUT2D eigenvalue weighted by molar-refractivity contribution is -0.141. The Morgan fingerprint density at radius 2 is 1.48 bits per heavy atom. The molecule has 0 atom stereocenters. The van der Waals surface area contributed by atoms with Crippen molar-refractivity contribution in [3.05, 3.63) is 41.6 Å². The first-order valence-electron chi connectivity index (χ1n) is 5.73. The second-order valence-corrected chi connectivity index (χ2v) is 4.47. The van der Waals surface area contributed by atoms with Crippen molar-refractivity contribution in [3.63, 3.8) is 0 Å². The van der Waals surface area contributed by atoms with E-state index in [9.17, 15) is 26.3 Å². The van der Waals surface area contributed by atoms with Crippen molar-refractivity contribution >= 4 is 21.9 Å². The lowest BCUT2D eigenvalue weighted by atomic mass is 10.1. The van der Waals surface area contributed by atoms with Crippen LogP contribution in [-0.4, -0.2) is 9.97 Å². The number of pyridine rings is 1. The summed E-state index contributed by atoms with van der Waals surface area (Å²) in [5.41, 5.74) is -1.67. The summed E-state index contributed by atoms with van der Waals surface area (Å²) in [6, 6.07) is 4.76. The molecule has 0 saturated carbocycles. The van der Waals surface area contributed by atoms with Crippen molar-refractivity contribution < 1.29 is 26.3 Å². The number of nitrogens with one attached hydrogen (secondary N) is 1. The van der Waals surface area contributed by atoms with Gasteiger partial charge in [0, 0.05) is 10.9 Å². The van der Waals surface area contributed by atoms with Crippen molar-refractivity contribution in [2.45, 2.75) is 12.4 Å². The van der Waals surface area contributed by atoms with Crippen LogP contribution in [0, 0.1) is 0 Å². The van der Waals surface area contributed by atoms with Gasteiger partial charge >= 0.3 is 12.4 Å². The molecule has 2 heterocycles. The van der Waals surface area contributed by atoms with Gasteiger partial charge in [-0.2, -0.15) is 26.3 Å². The van der Waals surface area contributed by atoms with Crippen molar-refractivity contribution in [3.8, 4) is 0 Å². The Morgan fingerprint density at radius 3 is 2.10 bits per heavy atom. The Balaban J connectivity index is 2.31. The summed E-state index contributed by atoms with van der Waals surface area (Å²) in [5, 5.41) is 0.00549. The largest absolute Gasteiger partial charge is 0.433 e. The molecular formula is C13H6F6N2. The van der Waals surface area contributed by atoms with E-state index in [0.29, 0.717) is 5.52 Å². The van der Waals surface area contributed by atoms with Crippen LogP contribution < -0.4 is 0 Å². The minimum Gasteiger partial charge on any atom is -0.353 e. The van der Waals surface area contributed by atoms with Crippen LogP contribution in [0.25, 0.3) is 21.9 Å². The molecule has 21 heavy (non-hydrogen) atoms. The van der Waals surface area contributed by atoms with E-state index in [1.165, 1.54) is 6.07 Å². The average molecular weight is 304 g/mol. The summed E-state index contributed by atoms with van der Waals surface area (Å²) in [6.07, 6.45) is -9.22. The molecule has 0 fully saturated rings. The van der Waals surface area contributed by atoms with E-state index in [4.69, 9.17) is 0 Å². The molecule has 0 bridgehead atoms. The van der Waals surface area contributed by atoms with Crippen LogP contribution in [0.5, 0.6) is 0 Å². The van der Waals surface area contributed by atoms with Crippen LogP contribution in [0.2, 0.25) is 0 Å². The number of aromatic amines is 1. The molecule has 0 unspecified atom stereocenters. The van der Waals surface area contributed by atoms with Gasteiger partial charge in [-0.15, -0.1) is 0 Å². The molecule has 0 aliphatic rings. The first kappa shape index (κ1) is 13.7. The Hall–Kier alpha value is -2.25. The molecular weight excluding hydrogens is 298 g/mol. The van der Waals surface area contributed by atoms with Crippen LogP contribution in [0.3, 0.4) is 0 Å². The van der Waals surface area contributed by atoms with E-state index in [2.05, 4.69) is 9.97 Å². The van der Waals surface area contributed by atoms with Gasteiger partial charge in [0.2, 0.25) is 0 Å². The molecule has 3 aromatic rings. The van der Waals surface area contributed by atoms with E-state index >= 15 is 0 Å². The fourth-order valence-corrected chi connectivity index (χ4v) is 2.09. The van der Waals surface area contributed by atoms with Crippen molar-refractivity contribution in [2.75, 3.05) is 0 Å². The van der Waals surface area contributed by atoms with Crippen LogP contribution in [0.4, 0.5) is 26.3 Å². The van der Waals surface area contributed by atoms with Gasteiger partial charge in [-0.3, -0.25) is 0 Å². The molecule has 3 rings (SSSR count). The highest BCUT2D eigenvalue weighted by atomic mass is 19.4. The predicted molar refractivity (Wildman–Crippen MR) is 63.6 cm³/mol. The van der Waals surface area contributed by atoms with Gasteiger partial charge in [-0.25, -0.2) is 4.98 Å². The monoisotopic (exact) mass is 304 g/mol. The van der Waals surface area contributed by atoms with E-state index in [1.54, 1.807) is 0 Å². The third-order valence-electron chi connectivity index (χ3n) is 3.06. The molecule has 1 N–H and O–H groups in total. The number of H-pyrrole nitrogens is 1. The van der Waals surface area contributed by atoms with Gasteiger partial charge in [0.1, 0.15) is 5.69 Å². The third kappa shape index (κ3) is 2.30. The number of alkyl halides is 6. The lowest BCUT2D eigenvalue weighted by Gasteiger charge is -2.06. The maximum atomic E-state index is 12.7. The number of benzene rings is 1. The number of halogens is 6. The minimum atomic E-state index is -4.65. The van der Waals surface area contributed by atoms with Gasteiger partial charge in [0.05, 0.1) is 16.6 Å². The summed E-state index contributed by atoms with van der Waals surface area (Å²) in [7, 11) is 0. The van der Waals surface area contributed by atoms with Gasteiger partial charge in [0.25, 0.3) is 0 Å². The second kappa shape index (κ2) is 4.12. The summed E-state index contributed by atoms with van der Waals surface area (Å²) in [5.74, 6) is 0. The number of nitrogens with zero attached hydrogens (tertiary/aromatic N) is 1. The maximum absolute atomic E-state index is 12.7. The summed E-state index contributed by atoms with van der Waals surface area (Å²) < 4.78 is 76.0. The van der Waals surface area contributed by atoms with Gasteiger partial charge in [-0.05, 0) is 30.3 Å². The van der Waals surface area contributed by atoms with E-state index in [0.717, 1.165) is 24.3 Å². The molecule has 8 heteroatoms. The fraction of sp³-hybridized carbons (Fsp3) is 0.154. The average Bonchev–Trinajstić information content (AvgIpc) is 2.73. The molecule has 1 aromatic carbocycles. The standard InChI is InChI=1S/C13H6F6N2/c14-12(15,16)6-1-2-8-7(5-6)11-9(20-8)3-4-10(21-11)13(17,18)19/h1-5,20H. The Morgan fingerprint density at radius 1 is 0.810 bits per heavy atom. The number of aromatic nitrogens is 2. The predicted octanol–water partition coefficient (Wildman–Crippen LogP) is 4.75. The summed E-state index contributed by atoms with van der Waals surface area (Å²) >= 11 is 0. The molecule has 0 saturated heterocycles. The highest BCUT2D eigenvalue weighted by Crippen LogP contribution is 2.35. The third-order valence-corrected chi connectivity index (χ3v) is 3.06. The zero-order valence-corrected chi connectivity index (χ0v) is 10.1. The van der Waals surface area contributed by atoms with Gasteiger partial charge in [0.15, 0.2) is 0 Å². The molecule has 110 valence electrons. The van der Waals surface area contributed by atoms with Crippen molar-refractivity contribution in [1.82, 2.24) is 9.97 Å². The van der Waals surface area contributed by atoms with Crippen molar-refractivity contribution in [2.24, 2.45) is 0 Å². The van der Waals surface area contributed by atoms with Crippen LogP contribution in [0.15, 0.2) is 30.3 Å². The first-order chi connectivity index (χ1) is 9.66. The number of fused-ring (bicyclic) bond motifs is 3. The van der Waals surface area contributed by atoms with Crippen LogP contribution in [0.1, 0.15) is 11.3 Å². The smallest absolute Gasteiger partial charge is 0.353 e. The Kier molecular flexibility index (Phi) is 2.69. The SMILES string of the molecule is FC(F)(F)c1ccc2[nH]c3ccc(C(F)(F)F)nc3c2c1. The zero-order valence-electron chi connectivity index (χ0n) is 10.1. The molecule has 2 nitrogen and oxygen atoms in total. The number of rotatable bonds is 0. The van der Waals surface area contributed by atoms with E-state index in [1.807, 2.05) is 0 Å². The molecule has 2 aromatic heterocycles. The quantitative estimate of drug-likeness (QED) is 0.596. The highest BCUT2D eigenvalue weighted by Gasteiger charge is 2.33. The van der Waals surface area contributed by atoms with E-state index < -0.39 is 23.6 Å². The molecule has 0 aliphatic heterocycles. The normalized spacial score (nSPS) is 13.2. The topological polar surface area (TPSA) is 28.7 Å². The van der Waals surface area contributed by atoms with Gasteiger partial charge in [-0.1, -0.05) is 0 Å². The molecule has 0 spiro atoms.